The van der Waals surface area contributed by atoms with E-state index in [1.54, 1.807) is 12.1 Å². The van der Waals surface area contributed by atoms with E-state index in [-0.39, 0.29) is 5.91 Å². The lowest BCUT2D eigenvalue weighted by molar-refractivity contribution is 0.0942. The van der Waals surface area contributed by atoms with Crippen molar-refractivity contribution in [1.82, 2.24) is 15.3 Å². The number of carbonyl (C=O) groups excluding carboxylic acids is 1. The average Bonchev–Trinajstić information content (AvgIpc) is 2.53. The first kappa shape index (κ1) is 16.0. The lowest BCUT2D eigenvalue weighted by Crippen LogP contribution is -2.49. The minimum absolute atomic E-state index is 0.273. The number of rotatable bonds is 5. The number of hydrogen-bond donors (Lipinski definition) is 4. The fourth-order valence-electron chi connectivity index (χ4n) is 2.11. The molecule has 7 heteroatoms. The summed E-state index contributed by atoms with van der Waals surface area (Å²) in [7, 11) is 0. The lowest BCUT2D eigenvalue weighted by Gasteiger charge is -2.26. The maximum atomic E-state index is 12.2. The van der Waals surface area contributed by atoms with Crippen LogP contribution in [0, 0.1) is 0 Å². The van der Waals surface area contributed by atoms with Crippen LogP contribution < -0.4 is 22.2 Å². The number of nitrogens with two attached hydrogens (primary N) is 1. The molecule has 1 aromatic carbocycles. The summed E-state index contributed by atoms with van der Waals surface area (Å²) in [5.74, 6) is -0.273. The highest BCUT2D eigenvalue weighted by molar-refractivity contribution is 5.97. The molecular formula is C15H20N4O3. The van der Waals surface area contributed by atoms with E-state index >= 15 is 0 Å². The molecule has 0 spiro atoms. The van der Waals surface area contributed by atoms with Crippen molar-refractivity contribution in [2.75, 3.05) is 6.54 Å². The second-order valence-corrected chi connectivity index (χ2v) is 5.42. The van der Waals surface area contributed by atoms with Crippen molar-refractivity contribution in [2.24, 2.45) is 5.73 Å². The van der Waals surface area contributed by atoms with Crippen LogP contribution >= 0.6 is 0 Å². The zero-order chi connectivity index (χ0) is 16.3. The summed E-state index contributed by atoms with van der Waals surface area (Å²) in [5.41, 5.74) is 5.52. The molecule has 7 nitrogen and oxygen atoms in total. The highest BCUT2D eigenvalue weighted by Crippen LogP contribution is 2.12. The highest BCUT2D eigenvalue weighted by Gasteiger charge is 2.21. The summed E-state index contributed by atoms with van der Waals surface area (Å²) < 4.78 is 0. The van der Waals surface area contributed by atoms with Crippen LogP contribution in [0.25, 0.3) is 11.0 Å². The van der Waals surface area contributed by atoms with Gasteiger partial charge in [0.2, 0.25) is 0 Å². The molecule has 22 heavy (non-hydrogen) atoms. The summed E-state index contributed by atoms with van der Waals surface area (Å²) >= 11 is 0. The Hall–Kier alpha value is -2.41. The van der Waals surface area contributed by atoms with Crippen LogP contribution in [0.15, 0.2) is 27.8 Å². The summed E-state index contributed by atoms with van der Waals surface area (Å²) in [5, 5.41) is 2.80. The van der Waals surface area contributed by atoms with Crippen molar-refractivity contribution in [3.05, 3.63) is 44.5 Å². The number of aromatic nitrogens is 2. The first-order chi connectivity index (χ1) is 10.4. The largest absolute Gasteiger partial charge is 0.350 e. The zero-order valence-electron chi connectivity index (χ0n) is 12.7. The standard InChI is InChI=1S/C15H20N4O3/c1-3-15(16,4-2)8-17-12(20)9-5-6-10-11(7-9)19-14(22)13(21)18-10/h5-7H,3-4,8,16H2,1-2H3,(H,17,20)(H,18,21)(H,19,22). The number of fused-ring (bicyclic) bond motifs is 1. The van der Waals surface area contributed by atoms with Gasteiger partial charge < -0.3 is 21.0 Å². The quantitative estimate of drug-likeness (QED) is 0.600. The number of amides is 1. The molecule has 5 N–H and O–H groups in total. The van der Waals surface area contributed by atoms with Crippen LogP contribution in [0.3, 0.4) is 0 Å². The predicted molar refractivity (Wildman–Crippen MR) is 85.0 cm³/mol. The number of carbonyl (C=O) groups is 1. The molecule has 0 fully saturated rings. The summed E-state index contributed by atoms with van der Waals surface area (Å²) in [6.45, 7) is 4.33. The van der Waals surface area contributed by atoms with E-state index in [4.69, 9.17) is 5.73 Å². The third-order valence-electron chi connectivity index (χ3n) is 3.99. The van der Waals surface area contributed by atoms with E-state index in [9.17, 15) is 14.4 Å². The number of H-pyrrole nitrogens is 2. The number of nitrogens with one attached hydrogen (secondary N) is 3. The van der Waals surface area contributed by atoms with Crippen molar-refractivity contribution in [2.45, 2.75) is 32.2 Å². The molecule has 118 valence electrons. The monoisotopic (exact) mass is 304 g/mol. The van der Waals surface area contributed by atoms with E-state index < -0.39 is 16.7 Å². The molecule has 1 heterocycles. The Morgan fingerprint density at radius 1 is 1.14 bits per heavy atom. The Kier molecular flexibility index (Phi) is 4.46. The molecule has 0 unspecified atom stereocenters. The first-order valence-corrected chi connectivity index (χ1v) is 7.22. The molecule has 1 amide bonds. The Morgan fingerprint density at radius 3 is 2.32 bits per heavy atom. The Labute approximate surface area is 126 Å². The summed E-state index contributed by atoms with van der Waals surface area (Å²) in [6, 6.07) is 4.69. The van der Waals surface area contributed by atoms with Gasteiger partial charge in [-0.3, -0.25) is 14.4 Å². The van der Waals surface area contributed by atoms with E-state index in [0.29, 0.717) is 23.1 Å². The summed E-state index contributed by atoms with van der Waals surface area (Å²) in [6.07, 6.45) is 1.52. The second-order valence-electron chi connectivity index (χ2n) is 5.42. The molecule has 0 aliphatic carbocycles. The van der Waals surface area contributed by atoms with Crippen molar-refractivity contribution in [3.63, 3.8) is 0 Å². The Morgan fingerprint density at radius 2 is 1.73 bits per heavy atom. The smallest absolute Gasteiger partial charge is 0.314 e. The molecule has 0 aliphatic rings. The fraction of sp³-hybridized carbons (Fsp3) is 0.400. The normalized spacial score (nSPS) is 11.6. The van der Waals surface area contributed by atoms with Crippen molar-refractivity contribution >= 4 is 16.9 Å². The third-order valence-corrected chi connectivity index (χ3v) is 3.99. The van der Waals surface area contributed by atoms with Gasteiger partial charge in [-0.25, -0.2) is 0 Å². The van der Waals surface area contributed by atoms with Gasteiger partial charge in [0.1, 0.15) is 0 Å². The molecule has 0 saturated heterocycles. The molecule has 0 bridgehead atoms. The predicted octanol–water partition coefficient (Wildman–Crippen LogP) is 0.464. The minimum atomic E-state index is -0.747. The van der Waals surface area contributed by atoms with Crippen LogP contribution in [-0.4, -0.2) is 28.0 Å². The average molecular weight is 304 g/mol. The van der Waals surface area contributed by atoms with Crippen LogP contribution in [0.5, 0.6) is 0 Å². The zero-order valence-corrected chi connectivity index (χ0v) is 12.7. The fourth-order valence-corrected chi connectivity index (χ4v) is 2.11. The van der Waals surface area contributed by atoms with Gasteiger partial charge in [-0.1, -0.05) is 13.8 Å². The minimum Gasteiger partial charge on any atom is -0.350 e. The Balaban J connectivity index is 2.24. The molecule has 0 aliphatic heterocycles. The SMILES string of the molecule is CCC(N)(CC)CNC(=O)c1ccc2[nH]c(=O)c(=O)[nH]c2c1. The van der Waals surface area contributed by atoms with Crippen molar-refractivity contribution in [1.29, 1.82) is 0 Å². The number of benzene rings is 1. The maximum absolute atomic E-state index is 12.2. The molecule has 0 saturated carbocycles. The first-order valence-electron chi connectivity index (χ1n) is 7.22. The van der Waals surface area contributed by atoms with Crippen LogP contribution in [0.4, 0.5) is 0 Å². The molecule has 2 aromatic rings. The van der Waals surface area contributed by atoms with Crippen LogP contribution in [0.1, 0.15) is 37.0 Å². The van der Waals surface area contributed by atoms with Gasteiger partial charge in [-0.15, -0.1) is 0 Å². The van der Waals surface area contributed by atoms with Gasteiger partial charge in [0, 0.05) is 17.6 Å². The Bertz CT molecular complexity index is 802. The number of hydrogen-bond acceptors (Lipinski definition) is 4. The topological polar surface area (TPSA) is 121 Å². The molecule has 0 atom stereocenters. The third kappa shape index (κ3) is 3.25. The van der Waals surface area contributed by atoms with Gasteiger partial charge in [-0.2, -0.15) is 0 Å². The van der Waals surface area contributed by atoms with Gasteiger partial charge >= 0.3 is 11.1 Å². The second kappa shape index (κ2) is 6.15. The van der Waals surface area contributed by atoms with Gasteiger partial charge in [0.05, 0.1) is 11.0 Å². The highest BCUT2D eigenvalue weighted by atomic mass is 16.2. The van der Waals surface area contributed by atoms with Gasteiger partial charge in [-0.05, 0) is 31.0 Å². The van der Waals surface area contributed by atoms with E-state index in [1.165, 1.54) is 6.07 Å². The van der Waals surface area contributed by atoms with Crippen molar-refractivity contribution < 1.29 is 4.79 Å². The lowest BCUT2D eigenvalue weighted by atomic mass is 9.94. The van der Waals surface area contributed by atoms with E-state index in [2.05, 4.69) is 15.3 Å². The van der Waals surface area contributed by atoms with Gasteiger partial charge in [0.25, 0.3) is 5.91 Å². The molecular weight excluding hydrogens is 284 g/mol. The van der Waals surface area contributed by atoms with E-state index in [1.807, 2.05) is 13.8 Å². The van der Waals surface area contributed by atoms with Crippen LogP contribution in [-0.2, 0) is 0 Å². The van der Waals surface area contributed by atoms with Crippen molar-refractivity contribution in [3.8, 4) is 0 Å². The summed E-state index contributed by atoms with van der Waals surface area (Å²) in [4.78, 5) is 39.7. The van der Waals surface area contributed by atoms with Crippen LogP contribution in [0.2, 0.25) is 0 Å². The van der Waals surface area contributed by atoms with Gasteiger partial charge in [0.15, 0.2) is 0 Å². The molecule has 2 rings (SSSR count). The molecule has 0 radical (unpaired) electrons. The van der Waals surface area contributed by atoms with E-state index in [0.717, 1.165) is 12.8 Å². The number of aromatic amines is 2. The maximum Gasteiger partial charge on any atom is 0.314 e. The molecule has 1 aromatic heterocycles.